The van der Waals surface area contributed by atoms with Crippen LogP contribution in [0.1, 0.15) is 32.6 Å². The van der Waals surface area contributed by atoms with Crippen LogP contribution in [0.15, 0.2) is 0 Å². The maximum atomic E-state index is 11.6. The van der Waals surface area contributed by atoms with E-state index >= 15 is 0 Å². The Morgan fingerprint density at radius 1 is 1.56 bits per heavy atom. The number of hydrogen-bond donors (Lipinski definition) is 3. The monoisotopic (exact) mass is 228 g/mol. The van der Waals surface area contributed by atoms with Gasteiger partial charge in [0.15, 0.2) is 0 Å². The number of carboxylic acids is 1. The fraction of sp³-hybridized carbons (Fsp3) is 0.818. The Morgan fingerprint density at radius 2 is 2.31 bits per heavy atom. The molecule has 92 valence electrons. The van der Waals surface area contributed by atoms with Crippen LogP contribution in [-0.4, -0.2) is 36.1 Å². The molecule has 0 saturated carbocycles. The van der Waals surface area contributed by atoms with Crippen molar-refractivity contribution in [1.82, 2.24) is 10.6 Å². The quantitative estimate of drug-likeness (QED) is 0.613. The first kappa shape index (κ1) is 13.0. The summed E-state index contributed by atoms with van der Waals surface area (Å²) in [5, 5.41) is 14.7. The number of carbonyl (C=O) groups is 2. The van der Waals surface area contributed by atoms with Crippen LogP contribution in [0.2, 0.25) is 0 Å². The van der Waals surface area contributed by atoms with E-state index in [1.165, 1.54) is 0 Å². The number of carboxylic acid groups (broad SMARTS) is 1. The second-order valence-electron chi connectivity index (χ2n) is 4.22. The van der Waals surface area contributed by atoms with Gasteiger partial charge in [0.05, 0.1) is 12.0 Å². The minimum Gasteiger partial charge on any atom is -0.481 e. The molecule has 0 aromatic carbocycles. The summed E-state index contributed by atoms with van der Waals surface area (Å²) in [4.78, 5) is 22.5. The number of nitrogens with one attached hydrogen (secondary N) is 2. The molecule has 3 N–H and O–H groups in total. The summed E-state index contributed by atoms with van der Waals surface area (Å²) in [6.07, 6.45) is 3.27. The Hall–Kier alpha value is -1.10. The van der Waals surface area contributed by atoms with Gasteiger partial charge in [-0.15, -0.1) is 0 Å². The minimum atomic E-state index is -0.832. The van der Waals surface area contributed by atoms with Crippen molar-refractivity contribution in [2.24, 2.45) is 5.92 Å². The Balaban J connectivity index is 2.30. The Kier molecular flexibility index (Phi) is 5.25. The standard InChI is InChI=1S/C11H20N2O3/c1-2-4-8(11(15)16)7-13-10(14)9-5-3-6-12-9/h8-9,12H,2-7H2,1H3,(H,13,14)(H,15,16)/t8?,9-/m1/s1. The first-order valence-corrected chi connectivity index (χ1v) is 5.89. The summed E-state index contributed by atoms with van der Waals surface area (Å²) in [5.41, 5.74) is 0. The highest BCUT2D eigenvalue weighted by Crippen LogP contribution is 2.07. The molecule has 1 rings (SSSR count). The maximum Gasteiger partial charge on any atom is 0.308 e. The normalized spacial score (nSPS) is 21.7. The molecular formula is C11H20N2O3. The second kappa shape index (κ2) is 6.48. The van der Waals surface area contributed by atoms with E-state index < -0.39 is 11.9 Å². The van der Waals surface area contributed by atoms with Gasteiger partial charge in [-0.05, 0) is 25.8 Å². The van der Waals surface area contributed by atoms with Gasteiger partial charge in [0.25, 0.3) is 0 Å². The van der Waals surface area contributed by atoms with E-state index in [2.05, 4.69) is 10.6 Å². The van der Waals surface area contributed by atoms with Crippen LogP contribution in [-0.2, 0) is 9.59 Å². The van der Waals surface area contributed by atoms with Crippen molar-refractivity contribution < 1.29 is 14.7 Å². The van der Waals surface area contributed by atoms with Gasteiger partial charge >= 0.3 is 5.97 Å². The number of amides is 1. The second-order valence-corrected chi connectivity index (χ2v) is 4.22. The lowest BCUT2D eigenvalue weighted by molar-refractivity contribution is -0.142. The lowest BCUT2D eigenvalue weighted by Crippen LogP contribution is -2.43. The Labute approximate surface area is 95.6 Å². The summed E-state index contributed by atoms with van der Waals surface area (Å²) in [5.74, 6) is -1.36. The van der Waals surface area contributed by atoms with E-state index in [1.807, 2.05) is 6.92 Å². The van der Waals surface area contributed by atoms with E-state index in [1.54, 1.807) is 0 Å². The zero-order valence-corrected chi connectivity index (χ0v) is 9.66. The van der Waals surface area contributed by atoms with Crippen molar-refractivity contribution >= 4 is 11.9 Å². The first-order valence-electron chi connectivity index (χ1n) is 5.89. The SMILES string of the molecule is CCCC(CNC(=O)[C@H]1CCCN1)C(=O)O. The van der Waals surface area contributed by atoms with Crippen LogP contribution in [0.4, 0.5) is 0 Å². The topological polar surface area (TPSA) is 78.4 Å². The number of carbonyl (C=O) groups excluding carboxylic acids is 1. The summed E-state index contributed by atoms with van der Waals surface area (Å²) in [6, 6.07) is -0.129. The average Bonchev–Trinajstić information content (AvgIpc) is 2.76. The lowest BCUT2D eigenvalue weighted by atomic mass is 10.0. The fourth-order valence-electron chi connectivity index (χ4n) is 1.92. The minimum absolute atomic E-state index is 0.0696. The molecule has 0 bridgehead atoms. The smallest absolute Gasteiger partial charge is 0.308 e. The van der Waals surface area contributed by atoms with Gasteiger partial charge in [-0.1, -0.05) is 13.3 Å². The average molecular weight is 228 g/mol. The van der Waals surface area contributed by atoms with Crippen molar-refractivity contribution in [3.63, 3.8) is 0 Å². The molecule has 1 aliphatic heterocycles. The van der Waals surface area contributed by atoms with Gasteiger partial charge in [0.1, 0.15) is 0 Å². The van der Waals surface area contributed by atoms with E-state index in [9.17, 15) is 9.59 Å². The molecular weight excluding hydrogens is 208 g/mol. The molecule has 1 fully saturated rings. The van der Waals surface area contributed by atoms with Crippen LogP contribution in [0.25, 0.3) is 0 Å². The van der Waals surface area contributed by atoms with Crippen LogP contribution < -0.4 is 10.6 Å². The van der Waals surface area contributed by atoms with Crippen LogP contribution in [0.3, 0.4) is 0 Å². The van der Waals surface area contributed by atoms with E-state index in [0.717, 1.165) is 25.8 Å². The molecule has 0 aromatic heterocycles. The van der Waals surface area contributed by atoms with Crippen molar-refractivity contribution in [3.8, 4) is 0 Å². The Bertz CT molecular complexity index is 250. The molecule has 5 nitrogen and oxygen atoms in total. The molecule has 1 saturated heterocycles. The third-order valence-corrected chi connectivity index (χ3v) is 2.89. The van der Waals surface area contributed by atoms with Crippen molar-refractivity contribution in [2.75, 3.05) is 13.1 Å². The molecule has 1 aliphatic rings. The lowest BCUT2D eigenvalue weighted by Gasteiger charge is -2.15. The summed E-state index contributed by atoms with van der Waals surface area (Å²) in [6.45, 7) is 3.05. The zero-order chi connectivity index (χ0) is 12.0. The van der Waals surface area contributed by atoms with Gasteiger partial charge in [-0.2, -0.15) is 0 Å². The summed E-state index contributed by atoms with van der Waals surface area (Å²) >= 11 is 0. The third kappa shape index (κ3) is 3.81. The summed E-state index contributed by atoms with van der Waals surface area (Å²) in [7, 11) is 0. The maximum absolute atomic E-state index is 11.6. The van der Waals surface area contributed by atoms with Gasteiger partial charge in [-0.3, -0.25) is 9.59 Å². The molecule has 1 heterocycles. The zero-order valence-electron chi connectivity index (χ0n) is 9.66. The molecule has 1 unspecified atom stereocenters. The van der Waals surface area contributed by atoms with Gasteiger partial charge in [0, 0.05) is 6.54 Å². The van der Waals surface area contributed by atoms with Gasteiger partial charge in [-0.25, -0.2) is 0 Å². The van der Waals surface area contributed by atoms with Crippen LogP contribution in [0, 0.1) is 5.92 Å². The molecule has 5 heteroatoms. The molecule has 0 aliphatic carbocycles. The van der Waals surface area contributed by atoms with Crippen molar-refractivity contribution in [3.05, 3.63) is 0 Å². The summed E-state index contributed by atoms with van der Waals surface area (Å²) < 4.78 is 0. The highest BCUT2D eigenvalue weighted by molar-refractivity contribution is 5.82. The highest BCUT2D eigenvalue weighted by atomic mass is 16.4. The largest absolute Gasteiger partial charge is 0.481 e. The van der Waals surface area contributed by atoms with Crippen LogP contribution in [0.5, 0.6) is 0 Å². The molecule has 0 radical (unpaired) electrons. The third-order valence-electron chi connectivity index (χ3n) is 2.89. The highest BCUT2D eigenvalue weighted by Gasteiger charge is 2.23. The molecule has 1 amide bonds. The van der Waals surface area contributed by atoms with Gasteiger partial charge < -0.3 is 15.7 Å². The van der Waals surface area contributed by atoms with Crippen molar-refractivity contribution in [1.29, 1.82) is 0 Å². The van der Waals surface area contributed by atoms with Crippen molar-refractivity contribution in [2.45, 2.75) is 38.6 Å². The molecule has 2 atom stereocenters. The predicted molar refractivity (Wildman–Crippen MR) is 60.1 cm³/mol. The van der Waals surface area contributed by atoms with E-state index in [0.29, 0.717) is 6.42 Å². The predicted octanol–water partition coefficient (Wildman–Crippen LogP) is 0.356. The van der Waals surface area contributed by atoms with Gasteiger partial charge in [0.2, 0.25) is 5.91 Å². The van der Waals surface area contributed by atoms with E-state index in [-0.39, 0.29) is 18.5 Å². The number of hydrogen-bond acceptors (Lipinski definition) is 3. The molecule has 16 heavy (non-hydrogen) atoms. The molecule has 0 spiro atoms. The molecule has 0 aromatic rings. The Morgan fingerprint density at radius 3 is 2.81 bits per heavy atom. The fourth-order valence-corrected chi connectivity index (χ4v) is 1.92. The van der Waals surface area contributed by atoms with E-state index in [4.69, 9.17) is 5.11 Å². The first-order chi connectivity index (χ1) is 7.65. The van der Waals surface area contributed by atoms with Crippen LogP contribution >= 0.6 is 0 Å². The number of aliphatic carboxylic acids is 1. The number of rotatable bonds is 6.